The van der Waals surface area contributed by atoms with Crippen LogP contribution in [0, 0.1) is 0 Å². The summed E-state index contributed by atoms with van der Waals surface area (Å²) in [5.74, 6) is -0.0449. The minimum Gasteiger partial charge on any atom is -0.493 e. The van der Waals surface area contributed by atoms with Crippen molar-refractivity contribution in [2.75, 3.05) is 23.9 Å². The lowest BCUT2D eigenvalue weighted by Gasteiger charge is -2.41. The second kappa shape index (κ2) is 7.34. The van der Waals surface area contributed by atoms with E-state index in [-0.39, 0.29) is 24.2 Å². The third-order valence-electron chi connectivity index (χ3n) is 4.68. The van der Waals surface area contributed by atoms with E-state index < -0.39 is 5.54 Å². The molecule has 1 aliphatic heterocycles. The Bertz CT molecular complexity index is 952. The number of carbonyl (C=O) groups excluding carboxylic acids is 3. The van der Waals surface area contributed by atoms with Crippen molar-refractivity contribution in [3.63, 3.8) is 0 Å². The van der Waals surface area contributed by atoms with Gasteiger partial charge in [0.1, 0.15) is 5.54 Å². The van der Waals surface area contributed by atoms with Crippen molar-refractivity contribution >= 4 is 29.0 Å². The predicted molar refractivity (Wildman–Crippen MR) is 105 cm³/mol. The van der Waals surface area contributed by atoms with Gasteiger partial charge in [-0.25, -0.2) is 0 Å². The van der Waals surface area contributed by atoms with Gasteiger partial charge >= 0.3 is 0 Å². The Kier molecular flexibility index (Phi) is 5.09. The van der Waals surface area contributed by atoms with Crippen molar-refractivity contribution < 1.29 is 23.9 Å². The Morgan fingerprint density at radius 3 is 2.50 bits per heavy atom. The molecule has 2 aromatic carbocycles. The first-order valence-electron chi connectivity index (χ1n) is 8.81. The molecule has 0 radical (unpaired) electrons. The van der Waals surface area contributed by atoms with Crippen molar-refractivity contribution in [2.24, 2.45) is 0 Å². The molecule has 0 spiro atoms. The average molecular weight is 382 g/mol. The molecule has 3 rings (SSSR count). The molecule has 146 valence electrons. The monoisotopic (exact) mass is 382 g/mol. The van der Waals surface area contributed by atoms with Crippen LogP contribution in [0.15, 0.2) is 42.5 Å². The lowest BCUT2D eigenvalue weighted by atomic mass is 9.96. The molecule has 0 saturated heterocycles. The number of Topliss-reactive ketones (excluding diaryl/α,β-unsaturated/α-hetero) is 1. The molecular weight excluding hydrogens is 360 g/mol. The maximum atomic E-state index is 13.0. The van der Waals surface area contributed by atoms with Gasteiger partial charge in [0.2, 0.25) is 5.91 Å². The highest BCUT2D eigenvalue weighted by molar-refractivity contribution is 6.14. The minimum absolute atomic E-state index is 0.0985. The van der Waals surface area contributed by atoms with Gasteiger partial charge in [0.25, 0.3) is 5.91 Å². The average Bonchev–Trinajstić information content (AvgIpc) is 2.66. The smallest absolute Gasteiger partial charge is 0.265 e. The van der Waals surface area contributed by atoms with Crippen LogP contribution in [-0.4, -0.2) is 36.9 Å². The van der Waals surface area contributed by atoms with Crippen molar-refractivity contribution in [3.05, 3.63) is 48.0 Å². The van der Waals surface area contributed by atoms with Crippen molar-refractivity contribution in [1.29, 1.82) is 0 Å². The summed E-state index contributed by atoms with van der Waals surface area (Å²) in [6.07, 6.45) is 0. The molecule has 7 heteroatoms. The Hall–Kier alpha value is -3.35. The molecule has 0 bridgehead atoms. The largest absolute Gasteiger partial charge is 0.493 e. The third-order valence-corrected chi connectivity index (χ3v) is 4.68. The maximum Gasteiger partial charge on any atom is 0.265 e. The number of hydrogen-bond donors (Lipinski definition) is 1. The number of carbonyl (C=O) groups is 3. The predicted octanol–water partition coefficient (Wildman–Crippen LogP) is 3.04. The van der Waals surface area contributed by atoms with Crippen LogP contribution in [0.5, 0.6) is 11.5 Å². The van der Waals surface area contributed by atoms with Gasteiger partial charge in [-0.2, -0.15) is 0 Å². The molecule has 28 heavy (non-hydrogen) atoms. The third kappa shape index (κ3) is 3.43. The molecular formula is C21H22N2O5. The van der Waals surface area contributed by atoms with E-state index in [0.717, 1.165) is 0 Å². The highest BCUT2D eigenvalue weighted by Crippen LogP contribution is 2.37. The van der Waals surface area contributed by atoms with Gasteiger partial charge < -0.3 is 14.8 Å². The zero-order valence-corrected chi connectivity index (χ0v) is 16.2. The zero-order chi connectivity index (χ0) is 20.5. The fraction of sp³-hybridized carbons (Fsp3) is 0.286. The van der Waals surface area contributed by atoms with Gasteiger partial charge in [-0.3, -0.25) is 19.3 Å². The molecule has 1 heterocycles. The SMILES string of the molecule is COc1cc(C(C)=O)ccc1OCC(=O)N1c2ccccc2NC(=O)C1(C)C. The molecule has 0 aromatic heterocycles. The van der Waals surface area contributed by atoms with E-state index in [2.05, 4.69) is 5.32 Å². The maximum absolute atomic E-state index is 13.0. The van der Waals surface area contributed by atoms with E-state index >= 15 is 0 Å². The second-order valence-corrected chi connectivity index (χ2v) is 6.97. The summed E-state index contributed by atoms with van der Waals surface area (Å²) in [5, 5.41) is 2.82. The molecule has 1 aliphatic rings. The van der Waals surface area contributed by atoms with Crippen LogP contribution in [0.4, 0.5) is 11.4 Å². The molecule has 2 aromatic rings. The van der Waals surface area contributed by atoms with Gasteiger partial charge in [-0.15, -0.1) is 0 Å². The van der Waals surface area contributed by atoms with Crippen LogP contribution in [-0.2, 0) is 9.59 Å². The molecule has 0 fully saturated rings. The first-order valence-corrected chi connectivity index (χ1v) is 8.81. The van der Waals surface area contributed by atoms with Crippen LogP contribution >= 0.6 is 0 Å². The lowest BCUT2D eigenvalue weighted by Crippen LogP contribution is -2.59. The van der Waals surface area contributed by atoms with Gasteiger partial charge in [0, 0.05) is 5.56 Å². The number of ketones is 1. The number of nitrogens with zero attached hydrogens (tertiary/aromatic N) is 1. The highest BCUT2D eigenvalue weighted by Gasteiger charge is 2.43. The van der Waals surface area contributed by atoms with Gasteiger partial charge in [0.15, 0.2) is 23.9 Å². The van der Waals surface area contributed by atoms with Crippen molar-refractivity contribution in [2.45, 2.75) is 26.3 Å². The van der Waals surface area contributed by atoms with E-state index in [1.54, 1.807) is 56.3 Å². The van der Waals surface area contributed by atoms with Crippen LogP contribution < -0.4 is 19.7 Å². The standard InChI is InChI=1S/C21H22N2O5/c1-13(24)14-9-10-17(18(11-14)27-4)28-12-19(25)23-16-8-6-5-7-15(16)22-20(26)21(23,2)3/h5-11H,12H2,1-4H3,(H,22,26). The van der Waals surface area contributed by atoms with Crippen molar-refractivity contribution in [3.8, 4) is 11.5 Å². The Labute approximate surface area is 163 Å². The first-order chi connectivity index (χ1) is 13.3. The molecule has 0 aliphatic carbocycles. The molecule has 0 saturated carbocycles. The van der Waals surface area contributed by atoms with Crippen LogP contribution in [0.1, 0.15) is 31.1 Å². The van der Waals surface area contributed by atoms with E-state index in [9.17, 15) is 14.4 Å². The number of benzene rings is 2. The Balaban J connectivity index is 1.85. The zero-order valence-electron chi connectivity index (χ0n) is 16.2. The Morgan fingerprint density at radius 1 is 1.11 bits per heavy atom. The molecule has 0 unspecified atom stereocenters. The van der Waals surface area contributed by atoms with E-state index in [1.165, 1.54) is 18.9 Å². The normalized spacial score (nSPS) is 14.7. The second-order valence-electron chi connectivity index (χ2n) is 6.97. The Morgan fingerprint density at radius 2 is 1.82 bits per heavy atom. The number of para-hydroxylation sites is 2. The number of rotatable bonds is 5. The number of ether oxygens (including phenoxy) is 2. The highest BCUT2D eigenvalue weighted by atomic mass is 16.5. The summed E-state index contributed by atoms with van der Waals surface area (Å²) in [6.45, 7) is 4.53. The molecule has 0 atom stereocenters. The number of fused-ring (bicyclic) bond motifs is 1. The fourth-order valence-corrected chi connectivity index (χ4v) is 3.11. The van der Waals surface area contributed by atoms with Gasteiger partial charge in [-0.1, -0.05) is 12.1 Å². The summed E-state index contributed by atoms with van der Waals surface area (Å²) in [5.41, 5.74) is 0.596. The number of hydrogen-bond acceptors (Lipinski definition) is 5. The van der Waals surface area contributed by atoms with Crippen LogP contribution in [0.3, 0.4) is 0 Å². The quantitative estimate of drug-likeness (QED) is 0.804. The molecule has 2 amide bonds. The van der Waals surface area contributed by atoms with Crippen molar-refractivity contribution in [1.82, 2.24) is 0 Å². The number of amides is 2. The van der Waals surface area contributed by atoms with Gasteiger partial charge in [-0.05, 0) is 51.1 Å². The minimum atomic E-state index is -1.07. The molecule has 7 nitrogen and oxygen atoms in total. The first kappa shape index (κ1) is 19.4. The number of methoxy groups -OCH3 is 1. The summed E-state index contributed by atoms with van der Waals surface area (Å²) < 4.78 is 10.9. The summed E-state index contributed by atoms with van der Waals surface area (Å²) in [4.78, 5) is 38.4. The summed E-state index contributed by atoms with van der Waals surface area (Å²) in [7, 11) is 1.46. The van der Waals surface area contributed by atoms with E-state index in [4.69, 9.17) is 9.47 Å². The van der Waals surface area contributed by atoms with Crippen LogP contribution in [0.25, 0.3) is 0 Å². The van der Waals surface area contributed by atoms with Crippen LogP contribution in [0.2, 0.25) is 0 Å². The lowest BCUT2D eigenvalue weighted by molar-refractivity contribution is -0.127. The fourth-order valence-electron chi connectivity index (χ4n) is 3.11. The van der Waals surface area contributed by atoms with Gasteiger partial charge in [0.05, 0.1) is 18.5 Å². The summed E-state index contributed by atoms with van der Waals surface area (Å²) >= 11 is 0. The topological polar surface area (TPSA) is 84.9 Å². The molecule has 1 N–H and O–H groups in total. The summed E-state index contributed by atoms with van der Waals surface area (Å²) in [6, 6.07) is 11.9. The van der Waals surface area contributed by atoms with E-state index in [0.29, 0.717) is 28.4 Å². The number of nitrogens with one attached hydrogen (secondary N) is 1. The van der Waals surface area contributed by atoms with E-state index in [1.807, 2.05) is 0 Å². The number of anilines is 2.